The highest BCUT2D eigenvalue weighted by Gasteiger charge is 2.11. The average molecular weight is 184 g/mol. The molecule has 1 atom stereocenters. The highest BCUT2D eigenvalue weighted by molar-refractivity contribution is 7.81. The van der Waals surface area contributed by atoms with E-state index in [0.29, 0.717) is 11.2 Å². The quantitative estimate of drug-likeness (QED) is 0.693. The Labute approximate surface area is 79.2 Å². The van der Waals surface area contributed by atoms with E-state index in [-0.39, 0.29) is 0 Å². The van der Waals surface area contributed by atoms with Crippen LogP contribution < -0.4 is 0 Å². The molecular weight excluding hydrogens is 168 g/mol. The molecule has 1 aromatic heterocycles. The summed E-state index contributed by atoms with van der Waals surface area (Å²) in [4.78, 5) is 0. The molecule has 12 heavy (non-hydrogen) atoms. The minimum absolute atomic E-state index is 0.432. The fourth-order valence-electron chi connectivity index (χ4n) is 1.04. The molecule has 1 N–H and O–H groups in total. The number of hydrogen-bond acceptors (Lipinski definition) is 2. The highest BCUT2D eigenvalue weighted by Crippen LogP contribution is 2.16. The van der Waals surface area contributed by atoms with Gasteiger partial charge in [0.05, 0.1) is 6.20 Å². The largest absolute Gasteiger partial charge is 0.283 e. The predicted octanol–water partition coefficient (Wildman–Crippen LogP) is 2.22. The third-order valence-electron chi connectivity index (χ3n) is 2.13. The van der Waals surface area contributed by atoms with E-state index in [2.05, 4.69) is 36.7 Å². The van der Waals surface area contributed by atoms with Crippen LogP contribution in [-0.4, -0.2) is 15.4 Å². The number of H-pyrrole nitrogens is 1. The molecule has 0 radical (unpaired) electrons. The zero-order chi connectivity index (χ0) is 9.14. The molecule has 0 aliphatic heterocycles. The zero-order valence-electron chi connectivity index (χ0n) is 7.83. The number of aryl methyl sites for hydroxylation is 1. The minimum atomic E-state index is 0.432. The molecule has 3 heteroatoms. The minimum Gasteiger partial charge on any atom is -0.283 e. The van der Waals surface area contributed by atoms with Crippen LogP contribution in [0.25, 0.3) is 0 Å². The summed E-state index contributed by atoms with van der Waals surface area (Å²) < 4.78 is 0. The molecule has 0 aliphatic carbocycles. The Hall–Kier alpha value is -0.440. The van der Waals surface area contributed by atoms with Crippen LogP contribution in [0, 0.1) is 12.8 Å². The van der Waals surface area contributed by atoms with Crippen LogP contribution >= 0.6 is 12.6 Å². The Kier molecular flexibility index (Phi) is 3.20. The maximum absolute atomic E-state index is 4.52. The molecule has 1 rings (SSSR count). The second kappa shape index (κ2) is 3.99. The molecule has 1 aromatic rings. The molecular formula is C9H16N2S. The van der Waals surface area contributed by atoms with Crippen LogP contribution in [-0.2, 0) is 6.42 Å². The van der Waals surface area contributed by atoms with Crippen LogP contribution in [0.1, 0.15) is 25.1 Å². The third-order valence-corrected chi connectivity index (χ3v) is 2.91. The van der Waals surface area contributed by atoms with Gasteiger partial charge in [0.15, 0.2) is 0 Å². The maximum Gasteiger partial charge on any atom is 0.0522 e. The molecule has 0 fully saturated rings. The fraction of sp³-hybridized carbons (Fsp3) is 0.667. The molecule has 0 aromatic carbocycles. The van der Waals surface area contributed by atoms with Gasteiger partial charge in [-0.15, -0.1) is 0 Å². The molecule has 1 unspecified atom stereocenters. The molecule has 0 aliphatic rings. The van der Waals surface area contributed by atoms with Gasteiger partial charge in [-0.25, -0.2) is 0 Å². The van der Waals surface area contributed by atoms with Gasteiger partial charge >= 0.3 is 0 Å². The van der Waals surface area contributed by atoms with Crippen LogP contribution in [0.3, 0.4) is 0 Å². The van der Waals surface area contributed by atoms with Gasteiger partial charge in [-0.1, -0.05) is 13.8 Å². The first-order chi connectivity index (χ1) is 5.61. The van der Waals surface area contributed by atoms with Gasteiger partial charge in [-0.2, -0.15) is 17.7 Å². The lowest BCUT2D eigenvalue weighted by Crippen LogP contribution is -2.11. The van der Waals surface area contributed by atoms with E-state index in [9.17, 15) is 0 Å². The first kappa shape index (κ1) is 9.65. The second-order valence-corrected chi connectivity index (χ2v) is 4.20. The highest BCUT2D eigenvalue weighted by atomic mass is 32.1. The van der Waals surface area contributed by atoms with Gasteiger partial charge in [0.25, 0.3) is 0 Å². The summed E-state index contributed by atoms with van der Waals surface area (Å²) in [7, 11) is 0. The predicted molar refractivity (Wildman–Crippen MR) is 54.6 cm³/mol. The van der Waals surface area contributed by atoms with E-state index in [4.69, 9.17) is 0 Å². The number of hydrogen-bond donors (Lipinski definition) is 2. The summed E-state index contributed by atoms with van der Waals surface area (Å²) in [5, 5.41) is 7.34. The third kappa shape index (κ3) is 2.27. The fourth-order valence-corrected chi connectivity index (χ4v) is 1.24. The average Bonchev–Trinajstić information content (AvgIpc) is 2.36. The topological polar surface area (TPSA) is 28.7 Å². The first-order valence-corrected chi connectivity index (χ1v) is 4.79. The molecule has 2 nitrogen and oxygen atoms in total. The molecule has 0 saturated heterocycles. The molecule has 0 bridgehead atoms. The van der Waals surface area contributed by atoms with E-state index in [0.717, 1.165) is 12.1 Å². The standard InChI is InChI=1S/C9H16N2S/c1-6(2)9(12)4-8-5-10-11-7(8)3/h5-6,9,12H,4H2,1-3H3,(H,10,11). The number of aromatic amines is 1. The van der Waals surface area contributed by atoms with E-state index in [1.54, 1.807) is 0 Å². The Morgan fingerprint density at radius 2 is 2.25 bits per heavy atom. The smallest absolute Gasteiger partial charge is 0.0522 e. The second-order valence-electron chi connectivity index (χ2n) is 3.54. The summed E-state index contributed by atoms with van der Waals surface area (Å²) in [6.45, 7) is 6.42. The van der Waals surface area contributed by atoms with E-state index in [1.165, 1.54) is 5.56 Å². The SMILES string of the molecule is Cc1[nH]ncc1CC(S)C(C)C. The van der Waals surface area contributed by atoms with Gasteiger partial charge in [0.1, 0.15) is 0 Å². The number of rotatable bonds is 3. The van der Waals surface area contributed by atoms with Crippen molar-refractivity contribution in [3.63, 3.8) is 0 Å². The molecule has 68 valence electrons. The molecule has 0 spiro atoms. The lowest BCUT2D eigenvalue weighted by atomic mass is 10.0. The monoisotopic (exact) mass is 184 g/mol. The normalized spacial score (nSPS) is 13.8. The van der Waals surface area contributed by atoms with Gasteiger partial charge in [-0.05, 0) is 24.8 Å². The molecule has 1 heterocycles. The first-order valence-electron chi connectivity index (χ1n) is 4.28. The number of nitrogens with one attached hydrogen (secondary N) is 1. The van der Waals surface area contributed by atoms with E-state index < -0.39 is 0 Å². The van der Waals surface area contributed by atoms with E-state index >= 15 is 0 Å². The van der Waals surface area contributed by atoms with Crippen molar-refractivity contribution in [2.75, 3.05) is 0 Å². The van der Waals surface area contributed by atoms with Crippen molar-refractivity contribution in [3.8, 4) is 0 Å². The number of aromatic nitrogens is 2. The Morgan fingerprint density at radius 1 is 1.58 bits per heavy atom. The van der Waals surface area contributed by atoms with Gasteiger partial charge < -0.3 is 0 Å². The van der Waals surface area contributed by atoms with Crippen molar-refractivity contribution >= 4 is 12.6 Å². The van der Waals surface area contributed by atoms with Crippen LogP contribution in [0.2, 0.25) is 0 Å². The van der Waals surface area contributed by atoms with Crippen molar-refractivity contribution < 1.29 is 0 Å². The Bertz CT molecular complexity index is 242. The van der Waals surface area contributed by atoms with Gasteiger partial charge in [0, 0.05) is 10.9 Å². The van der Waals surface area contributed by atoms with Crippen LogP contribution in [0.4, 0.5) is 0 Å². The van der Waals surface area contributed by atoms with Gasteiger partial charge in [0.2, 0.25) is 0 Å². The number of thiol groups is 1. The maximum atomic E-state index is 4.52. The summed E-state index contributed by atoms with van der Waals surface area (Å²) in [5.41, 5.74) is 2.44. The lowest BCUT2D eigenvalue weighted by molar-refractivity contribution is 0.607. The zero-order valence-corrected chi connectivity index (χ0v) is 8.73. The molecule has 0 saturated carbocycles. The summed E-state index contributed by atoms with van der Waals surface area (Å²) >= 11 is 4.52. The molecule has 0 amide bonds. The van der Waals surface area contributed by atoms with Crippen LogP contribution in [0.15, 0.2) is 6.20 Å². The van der Waals surface area contributed by atoms with Gasteiger partial charge in [-0.3, -0.25) is 5.10 Å². The summed E-state index contributed by atoms with van der Waals surface area (Å²) in [6.07, 6.45) is 2.89. The van der Waals surface area contributed by atoms with Crippen molar-refractivity contribution in [2.24, 2.45) is 5.92 Å². The lowest BCUT2D eigenvalue weighted by Gasteiger charge is -2.13. The Morgan fingerprint density at radius 3 is 2.67 bits per heavy atom. The van der Waals surface area contributed by atoms with Crippen molar-refractivity contribution in [2.45, 2.75) is 32.4 Å². The summed E-state index contributed by atoms with van der Waals surface area (Å²) in [6, 6.07) is 0. The number of nitrogens with zero attached hydrogens (tertiary/aromatic N) is 1. The Balaban J connectivity index is 2.58. The summed E-state index contributed by atoms with van der Waals surface area (Å²) in [5.74, 6) is 0.614. The van der Waals surface area contributed by atoms with Crippen molar-refractivity contribution in [1.82, 2.24) is 10.2 Å². The van der Waals surface area contributed by atoms with Crippen LogP contribution in [0.5, 0.6) is 0 Å². The van der Waals surface area contributed by atoms with Crippen molar-refractivity contribution in [3.05, 3.63) is 17.5 Å². The van der Waals surface area contributed by atoms with Crippen molar-refractivity contribution in [1.29, 1.82) is 0 Å². The van der Waals surface area contributed by atoms with E-state index in [1.807, 2.05) is 13.1 Å².